The summed E-state index contributed by atoms with van der Waals surface area (Å²) in [6, 6.07) is 8.59. The third kappa shape index (κ3) is 3.43. The smallest absolute Gasteiger partial charge is 0.246 e. The Morgan fingerprint density at radius 3 is 2.52 bits per heavy atom. The van der Waals surface area contributed by atoms with E-state index in [0.29, 0.717) is 16.5 Å². The zero-order chi connectivity index (χ0) is 15.6. The first-order valence-corrected chi connectivity index (χ1v) is 8.56. The van der Waals surface area contributed by atoms with E-state index in [-0.39, 0.29) is 17.3 Å². The Labute approximate surface area is 134 Å². The van der Waals surface area contributed by atoms with E-state index in [1.165, 1.54) is 17.4 Å². The average Bonchev–Trinajstić information content (AvgIpc) is 2.83. The van der Waals surface area contributed by atoms with E-state index in [1.54, 1.807) is 25.1 Å². The average molecular weight is 348 g/mol. The van der Waals surface area contributed by atoms with Crippen LogP contribution in [0.25, 0.3) is 0 Å². The second-order valence-corrected chi connectivity index (χ2v) is 7.31. The maximum absolute atomic E-state index is 12.6. The minimum atomic E-state index is -3.65. The van der Waals surface area contributed by atoms with Crippen LogP contribution >= 0.6 is 23.2 Å². The van der Waals surface area contributed by atoms with Crippen LogP contribution in [0.2, 0.25) is 5.02 Å². The normalized spacial score (nSPS) is 12.0. The van der Waals surface area contributed by atoms with Gasteiger partial charge in [-0.05, 0) is 18.6 Å². The molecule has 0 aliphatic rings. The van der Waals surface area contributed by atoms with Gasteiger partial charge < -0.3 is 4.42 Å². The fourth-order valence-corrected chi connectivity index (χ4v) is 3.62. The lowest BCUT2D eigenvalue weighted by atomic mass is 10.2. The van der Waals surface area contributed by atoms with E-state index >= 15 is 0 Å². The van der Waals surface area contributed by atoms with Crippen molar-refractivity contribution >= 4 is 33.2 Å². The van der Waals surface area contributed by atoms with Crippen LogP contribution in [-0.2, 0) is 22.4 Å². The third-order valence-electron chi connectivity index (χ3n) is 3.09. The van der Waals surface area contributed by atoms with Crippen LogP contribution in [0, 0.1) is 6.92 Å². The highest BCUT2D eigenvalue weighted by Crippen LogP contribution is 2.26. The molecule has 2 rings (SSSR count). The molecule has 0 N–H and O–H groups in total. The number of nitrogens with zero attached hydrogens (tertiary/aromatic N) is 1. The SMILES string of the molecule is Cc1oc(CCl)cc1S(=O)(=O)N(C)Cc1ccccc1Cl. The van der Waals surface area contributed by atoms with Gasteiger partial charge in [-0.2, -0.15) is 4.31 Å². The summed E-state index contributed by atoms with van der Waals surface area (Å²) in [5, 5.41) is 0.532. The number of alkyl halides is 1. The number of benzene rings is 1. The molecular formula is C14H15Cl2NO3S. The summed E-state index contributed by atoms with van der Waals surface area (Å²) in [6.07, 6.45) is 0. The van der Waals surface area contributed by atoms with Gasteiger partial charge in [0.05, 0.1) is 5.88 Å². The monoisotopic (exact) mass is 347 g/mol. The summed E-state index contributed by atoms with van der Waals surface area (Å²) in [6.45, 7) is 1.79. The molecule has 4 nitrogen and oxygen atoms in total. The number of aryl methyl sites for hydroxylation is 1. The third-order valence-corrected chi connectivity index (χ3v) is 5.64. The molecule has 0 bridgehead atoms. The Bertz CT molecular complexity index is 740. The number of furan rings is 1. The molecule has 0 aliphatic heterocycles. The second kappa shape index (κ2) is 6.40. The summed E-state index contributed by atoms with van der Waals surface area (Å²) in [7, 11) is -2.15. The van der Waals surface area contributed by atoms with Crippen LogP contribution in [0.5, 0.6) is 0 Å². The number of halogens is 2. The van der Waals surface area contributed by atoms with Crippen molar-refractivity contribution < 1.29 is 12.8 Å². The maximum Gasteiger partial charge on any atom is 0.246 e. The highest BCUT2D eigenvalue weighted by Gasteiger charge is 2.26. The predicted molar refractivity (Wildman–Crippen MR) is 83.1 cm³/mol. The number of rotatable bonds is 5. The fourth-order valence-electron chi connectivity index (χ4n) is 1.97. The zero-order valence-corrected chi connectivity index (χ0v) is 14.0. The van der Waals surface area contributed by atoms with E-state index in [2.05, 4.69) is 0 Å². The lowest BCUT2D eigenvalue weighted by Crippen LogP contribution is -2.26. The summed E-state index contributed by atoms with van der Waals surface area (Å²) >= 11 is 11.7. The molecule has 0 amide bonds. The van der Waals surface area contributed by atoms with Crippen LogP contribution < -0.4 is 0 Å². The maximum atomic E-state index is 12.6. The van der Waals surface area contributed by atoms with Gasteiger partial charge in [0.15, 0.2) is 0 Å². The van der Waals surface area contributed by atoms with E-state index in [9.17, 15) is 8.42 Å². The molecular weight excluding hydrogens is 333 g/mol. The standard InChI is InChI=1S/C14H15Cl2NO3S/c1-10-14(7-12(8-15)20-10)21(18,19)17(2)9-11-5-3-4-6-13(11)16/h3-7H,8-9H2,1-2H3. The molecule has 0 fully saturated rings. The summed E-state index contributed by atoms with van der Waals surface area (Å²) < 4.78 is 31.7. The first-order chi connectivity index (χ1) is 9.86. The van der Waals surface area contributed by atoms with Gasteiger partial charge in [0.2, 0.25) is 10.0 Å². The summed E-state index contributed by atoms with van der Waals surface area (Å²) in [4.78, 5) is 0.132. The molecule has 21 heavy (non-hydrogen) atoms. The number of sulfonamides is 1. The topological polar surface area (TPSA) is 50.5 Å². The molecule has 1 aromatic heterocycles. The highest BCUT2D eigenvalue weighted by molar-refractivity contribution is 7.89. The molecule has 0 radical (unpaired) electrons. The van der Waals surface area contributed by atoms with Gasteiger partial charge in [0.25, 0.3) is 0 Å². The largest absolute Gasteiger partial charge is 0.464 e. The van der Waals surface area contributed by atoms with Gasteiger partial charge >= 0.3 is 0 Å². The zero-order valence-electron chi connectivity index (χ0n) is 11.6. The first kappa shape index (κ1) is 16.4. The van der Waals surface area contributed by atoms with Gasteiger partial charge in [0, 0.05) is 24.7 Å². The molecule has 114 valence electrons. The van der Waals surface area contributed by atoms with Crippen molar-refractivity contribution in [1.29, 1.82) is 0 Å². The van der Waals surface area contributed by atoms with E-state index in [1.807, 2.05) is 6.07 Å². The van der Waals surface area contributed by atoms with Crippen molar-refractivity contribution in [3.63, 3.8) is 0 Å². The van der Waals surface area contributed by atoms with Gasteiger partial charge in [-0.3, -0.25) is 0 Å². The van der Waals surface area contributed by atoms with Crippen molar-refractivity contribution in [2.24, 2.45) is 0 Å². The summed E-state index contributed by atoms with van der Waals surface area (Å²) in [5.41, 5.74) is 0.740. The van der Waals surface area contributed by atoms with Crippen molar-refractivity contribution in [3.05, 3.63) is 52.4 Å². The molecule has 0 unspecified atom stereocenters. The second-order valence-electron chi connectivity index (χ2n) is 4.62. The Kier molecular flexibility index (Phi) is 4.99. The molecule has 0 saturated carbocycles. The van der Waals surface area contributed by atoms with Crippen LogP contribution in [0.15, 0.2) is 39.6 Å². The number of hydrogen-bond acceptors (Lipinski definition) is 3. The lowest BCUT2D eigenvalue weighted by Gasteiger charge is -2.17. The molecule has 1 heterocycles. The molecule has 2 aromatic rings. The minimum Gasteiger partial charge on any atom is -0.464 e. The first-order valence-electron chi connectivity index (χ1n) is 6.21. The van der Waals surface area contributed by atoms with Gasteiger partial charge in [-0.1, -0.05) is 29.8 Å². The van der Waals surface area contributed by atoms with Crippen molar-refractivity contribution in [2.45, 2.75) is 24.2 Å². The Balaban J connectivity index is 2.30. The van der Waals surface area contributed by atoms with E-state index in [0.717, 1.165) is 5.56 Å². The molecule has 0 atom stereocenters. The Morgan fingerprint density at radius 2 is 1.95 bits per heavy atom. The van der Waals surface area contributed by atoms with E-state index < -0.39 is 10.0 Å². The molecule has 0 saturated heterocycles. The quantitative estimate of drug-likeness (QED) is 0.773. The van der Waals surface area contributed by atoms with Crippen molar-refractivity contribution in [3.8, 4) is 0 Å². The van der Waals surface area contributed by atoms with Gasteiger partial charge in [-0.25, -0.2) is 8.42 Å². The molecule has 1 aromatic carbocycles. The minimum absolute atomic E-state index is 0.130. The van der Waals surface area contributed by atoms with Crippen LogP contribution in [-0.4, -0.2) is 19.8 Å². The number of hydrogen-bond donors (Lipinski definition) is 0. The predicted octanol–water partition coefficient (Wildman–Crippen LogP) is 3.80. The van der Waals surface area contributed by atoms with Crippen LogP contribution in [0.3, 0.4) is 0 Å². The van der Waals surface area contributed by atoms with Crippen molar-refractivity contribution in [1.82, 2.24) is 4.31 Å². The van der Waals surface area contributed by atoms with Crippen LogP contribution in [0.1, 0.15) is 17.1 Å². The molecule has 7 heteroatoms. The fraction of sp³-hybridized carbons (Fsp3) is 0.286. The Hall–Kier alpha value is -1.01. The van der Waals surface area contributed by atoms with Crippen molar-refractivity contribution in [2.75, 3.05) is 7.05 Å². The van der Waals surface area contributed by atoms with E-state index in [4.69, 9.17) is 27.6 Å². The Morgan fingerprint density at radius 1 is 1.29 bits per heavy atom. The highest BCUT2D eigenvalue weighted by atomic mass is 35.5. The molecule has 0 spiro atoms. The van der Waals surface area contributed by atoms with Crippen LogP contribution in [0.4, 0.5) is 0 Å². The molecule has 0 aliphatic carbocycles. The summed E-state index contributed by atoms with van der Waals surface area (Å²) in [5.74, 6) is 0.889. The van der Waals surface area contributed by atoms with Gasteiger partial charge in [0.1, 0.15) is 16.4 Å². The lowest BCUT2D eigenvalue weighted by molar-refractivity contribution is 0.459. The van der Waals surface area contributed by atoms with Gasteiger partial charge in [-0.15, -0.1) is 11.6 Å².